The Kier molecular flexibility index (Phi) is 1.86. The number of nitrogens with zero attached hydrogens (tertiary/aromatic N) is 1. The summed E-state index contributed by atoms with van der Waals surface area (Å²) in [5.41, 5.74) is 0. The molecule has 5 nitrogen and oxygen atoms in total. The molecule has 1 saturated carbocycles. The first-order valence-corrected chi connectivity index (χ1v) is 4.45. The first-order valence-electron chi connectivity index (χ1n) is 4.45. The van der Waals surface area contributed by atoms with Gasteiger partial charge in [-0.05, 0) is 12.8 Å². The lowest BCUT2D eigenvalue weighted by Crippen LogP contribution is -2.61. The monoisotopic (exact) mass is 184 g/mol. The third-order valence-corrected chi connectivity index (χ3v) is 2.45. The molecule has 0 aromatic heterocycles. The maximum atomic E-state index is 11.4. The van der Waals surface area contributed by atoms with Crippen molar-refractivity contribution in [3.05, 3.63) is 0 Å². The van der Waals surface area contributed by atoms with Crippen LogP contribution in [0.5, 0.6) is 0 Å². The van der Waals surface area contributed by atoms with Crippen molar-refractivity contribution < 1.29 is 14.7 Å². The van der Waals surface area contributed by atoms with Gasteiger partial charge in [0.15, 0.2) is 0 Å². The van der Waals surface area contributed by atoms with Crippen molar-refractivity contribution in [1.29, 1.82) is 0 Å². The molecular formula is C8H12N2O3. The SMILES string of the molecule is O=C(O)NC1CN(C(=O)C2CC2)C1. The maximum Gasteiger partial charge on any atom is 0.405 e. The highest BCUT2D eigenvalue weighted by atomic mass is 16.4. The second-order valence-corrected chi connectivity index (χ2v) is 3.66. The average Bonchev–Trinajstić information content (AvgIpc) is 2.75. The second-order valence-electron chi connectivity index (χ2n) is 3.66. The van der Waals surface area contributed by atoms with Gasteiger partial charge in [-0.2, -0.15) is 0 Å². The van der Waals surface area contributed by atoms with E-state index in [1.165, 1.54) is 0 Å². The van der Waals surface area contributed by atoms with E-state index in [9.17, 15) is 9.59 Å². The van der Waals surface area contributed by atoms with Crippen LogP contribution >= 0.6 is 0 Å². The molecule has 1 saturated heterocycles. The molecule has 72 valence electrons. The molecular weight excluding hydrogens is 172 g/mol. The summed E-state index contributed by atoms with van der Waals surface area (Å²) in [6.07, 6.45) is 1.00. The number of carbonyl (C=O) groups is 2. The van der Waals surface area contributed by atoms with Crippen LogP contribution in [0.25, 0.3) is 0 Å². The zero-order chi connectivity index (χ0) is 9.42. The van der Waals surface area contributed by atoms with Crippen LogP contribution in [-0.4, -0.2) is 41.1 Å². The van der Waals surface area contributed by atoms with Gasteiger partial charge in [0, 0.05) is 19.0 Å². The molecule has 2 rings (SSSR count). The Labute approximate surface area is 75.7 Å². The number of rotatable bonds is 2. The molecule has 0 aromatic rings. The number of likely N-dealkylation sites (tertiary alicyclic amines) is 1. The summed E-state index contributed by atoms with van der Waals surface area (Å²) < 4.78 is 0. The van der Waals surface area contributed by atoms with Crippen molar-refractivity contribution in [2.75, 3.05) is 13.1 Å². The minimum Gasteiger partial charge on any atom is -0.465 e. The molecule has 1 heterocycles. The topological polar surface area (TPSA) is 69.6 Å². The molecule has 2 fully saturated rings. The molecule has 13 heavy (non-hydrogen) atoms. The Morgan fingerprint density at radius 1 is 1.31 bits per heavy atom. The summed E-state index contributed by atoms with van der Waals surface area (Å²) in [6, 6.07) is -0.0554. The van der Waals surface area contributed by atoms with E-state index < -0.39 is 6.09 Å². The van der Waals surface area contributed by atoms with E-state index >= 15 is 0 Å². The van der Waals surface area contributed by atoms with Crippen LogP contribution in [0.1, 0.15) is 12.8 Å². The molecule has 2 aliphatic rings. The van der Waals surface area contributed by atoms with Gasteiger partial charge in [-0.15, -0.1) is 0 Å². The molecule has 0 bridgehead atoms. The van der Waals surface area contributed by atoms with Gasteiger partial charge in [-0.3, -0.25) is 4.79 Å². The summed E-state index contributed by atoms with van der Waals surface area (Å²) >= 11 is 0. The van der Waals surface area contributed by atoms with E-state index in [0.29, 0.717) is 13.1 Å². The molecule has 2 amide bonds. The van der Waals surface area contributed by atoms with Gasteiger partial charge < -0.3 is 15.3 Å². The first kappa shape index (κ1) is 8.34. The number of hydrogen-bond donors (Lipinski definition) is 2. The number of carboxylic acid groups (broad SMARTS) is 1. The summed E-state index contributed by atoms with van der Waals surface area (Å²) in [4.78, 5) is 23.3. The largest absolute Gasteiger partial charge is 0.465 e. The molecule has 2 N–H and O–H groups in total. The van der Waals surface area contributed by atoms with E-state index in [2.05, 4.69) is 5.32 Å². The average molecular weight is 184 g/mol. The van der Waals surface area contributed by atoms with Gasteiger partial charge in [0.1, 0.15) is 0 Å². The molecule has 0 spiro atoms. The highest BCUT2D eigenvalue weighted by Gasteiger charge is 2.39. The number of carbonyl (C=O) groups excluding carboxylic acids is 1. The van der Waals surface area contributed by atoms with Crippen molar-refractivity contribution in [3.63, 3.8) is 0 Å². The quantitative estimate of drug-likeness (QED) is 0.628. The molecule has 1 aliphatic carbocycles. The Bertz CT molecular complexity index is 244. The Morgan fingerprint density at radius 3 is 2.38 bits per heavy atom. The van der Waals surface area contributed by atoms with Gasteiger partial charge in [0.2, 0.25) is 5.91 Å². The number of nitrogens with one attached hydrogen (secondary N) is 1. The number of amides is 2. The van der Waals surface area contributed by atoms with Crippen molar-refractivity contribution in [1.82, 2.24) is 10.2 Å². The predicted molar refractivity (Wildman–Crippen MR) is 44.3 cm³/mol. The van der Waals surface area contributed by atoms with Gasteiger partial charge in [0.05, 0.1) is 6.04 Å². The molecule has 1 aliphatic heterocycles. The lowest BCUT2D eigenvalue weighted by molar-refractivity contribution is -0.137. The summed E-state index contributed by atoms with van der Waals surface area (Å²) in [5, 5.41) is 10.7. The molecule has 0 aromatic carbocycles. The van der Waals surface area contributed by atoms with E-state index in [-0.39, 0.29) is 17.9 Å². The molecule has 0 unspecified atom stereocenters. The van der Waals surface area contributed by atoms with Crippen molar-refractivity contribution >= 4 is 12.0 Å². The van der Waals surface area contributed by atoms with Crippen LogP contribution in [0.2, 0.25) is 0 Å². The minimum absolute atomic E-state index is 0.0554. The van der Waals surface area contributed by atoms with Crippen LogP contribution in [0, 0.1) is 5.92 Å². The normalized spacial score (nSPS) is 22.3. The summed E-state index contributed by atoms with van der Waals surface area (Å²) in [5.74, 6) is 0.439. The highest BCUT2D eigenvalue weighted by molar-refractivity contribution is 5.82. The van der Waals surface area contributed by atoms with Gasteiger partial charge in [-0.25, -0.2) is 4.79 Å². The fourth-order valence-corrected chi connectivity index (χ4v) is 1.51. The highest BCUT2D eigenvalue weighted by Crippen LogP contribution is 2.32. The zero-order valence-electron chi connectivity index (χ0n) is 7.19. The molecule has 5 heteroatoms. The fraction of sp³-hybridized carbons (Fsp3) is 0.750. The minimum atomic E-state index is -1.01. The Balaban J connectivity index is 1.71. The molecule has 0 radical (unpaired) electrons. The fourth-order valence-electron chi connectivity index (χ4n) is 1.51. The Morgan fingerprint density at radius 2 is 1.92 bits per heavy atom. The van der Waals surface area contributed by atoms with Crippen LogP contribution < -0.4 is 5.32 Å². The Hall–Kier alpha value is -1.26. The lowest BCUT2D eigenvalue weighted by Gasteiger charge is -2.39. The van der Waals surface area contributed by atoms with Gasteiger partial charge in [-0.1, -0.05) is 0 Å². The van der Waals surface area contributed by atoms with Crippen LogP contribution in [0.3, 0.4) is 0 Å². The van der Waals surface area contributed by atoms with E-state index in [4.69, 9.17) is 5.11 Å². The van der Waals surface area contributed by atoms with E-state index in [1.54, 1.807) is 4.90 Å². The van der Waals surface area contributed by atoms with Crippen molar-refractivity contribution in [3.8, 4) is 0 Å². The standard InChI is InChI=1S/C8H12N2O3/c11-7(5-1-2-5)10-3-6(4-10)9-8(12)13/h5-6,9H,1-4H2,(H,12,13). The summed E-state index contributed by atoms with van der Waals surface area (Å²) in [7, 11) is 0. The van der Waals surface area contributed by atoms with E-state index in [0.717, 1.165) is 12.8 Å². The van der Waals surface area contributed by atoms with Gasteiger partial charge in [0.25, 0.3) is 0 Å². The predicted octanol–water partition coefficient (Wildman–Crippen LogP) is -0.125. The summed E-state index contributed by atoms with van der Waals surface area (Å²) in [6.45, 7) is 1.09. The van der Waals surface area contributed by atoms with Crippen LogP contribution in [0.15, 0.2) is 0 Å². The van der Waals surface area contributed by atoms with Crippen LogP contribution in [0.4, 0.5) is 4.79 Å². The zero-order valence-corrected chi connectivity index (χ0v) is 7.19. The smallest absolute Gasteiger partial charge is 0.405 e. The third-order valence-electron chi connectivity index (χ3n) is 2.45. The van der Waals surface area contributed by atoms with Gasteiger partial charge >= 0.3 is 6.09 Å². The first-order chi connectivity index (χ1) is 6.16. The van der Waals surface area contributed by atoms with Crippen molar-refractivity contribution in [2.45, 2.75) is 18.9 Å². The van der Waals surface area contributed by atoms with Crippen LogP contribution in [-0.2, 0) is 4.79 Å². The third kappa shape index (κ3) is 1.74. The van der Waals surface area contributed by atoms with E-state index in [1.807, 2.05) is 0 Å². The second kappa shape index (κ2) is 2.90. The number of hydrogen-bond acceptors (Lipinski definition) is 2. The molecule has 0 atom stereocenters. The maximum absolute atomic E-state index is 11.4. The van der Waals surface area contributed by atoms with Crippen molar-refractivity contribution in [2.24, 2.45) is 5.92 Å². The lowest BCUT2D eigenvalue weighted by atomic mass is 10.1.